The maximum atomic E-state index is 12.5. The molecule has 4 rings (SSSR count). The van der Waals surface area contributed by atoms with Crippen molar-refractivity contribution in [1.82, 2.24) is 0 Å². The number of aldehydes is 2. The van der Waals surface area contributed by atoms with Crippen LogP contribution < -0.4 is 9.47 Å². The van der Waals surface area contributed by atoms with E-state index in [-0.39, 0.29) is 6.42 Å². The van der Waals surface area contributed by atoms with Gasteiger partial charge in [0.2, 0.25) is 0 Å². The van der Waals surface area contributed by atoms with Crippen LogP contribution in [0.2, 0.25) is 0 Å². The molecule has 0 aromatic heterocycles. The lowest BCUT2D eigenvalue weighted by molar-refractivity contribution is -0.151. The van der Waals surface area contributed by atoms with Crippen molar-refractivity contribution in [2.24, 2.45) is 5.92 Å². The van der Waals surface area contributed by atoms with E-state index in [1.165, 1.54) is 0 Å². The predicted octanol–water partition coefficient (Wildman–Crippen LogP) is 3.68. The van der Waals surface area contributed by atoms with Crippen LogP contribution in [0.15, 0.2) is 48.5 Å². The lowest BCUT2D eigenvalue weighted by atomic mass is 9.98. The van der Waals surface area contributed by atoms with E-state index in [2.05, 4.69) is 0 Å². The molecule has 0 heterocycles. The Hall–Kier alpha value is -3.28. The van der Waals surface area contributed by atoms with E-state index >= 15 is 0 Å². The summed E-state index contributed by atoms with van der Waals surface area (Å²) in [7, 11) is 0. The molecular weight excluding hydrogens is 396 g/mol. The minimum Gasteiger partial charge on any atom is -0.426 e. The van der Waals surface area contributed by atoms with Crippen LogP contribution in [0.4, 0.5) is 0 Å². The van der Waals surface area contributed by atoms with Gasteiger partial charge in [0.25, 0.3) is 0 Å². The summed E-state index contributed by atoms with van der Waals surface area (Å²) in [6.07, 6.45) is 5.48. The first-order chi connectivity index (χ1) is 14.9. The van der Waals surface area contributed by atoms with Gasteiger partial charge in [-0.25, -0.2) is 0 Å². The molecule has 6 nitrogen and oxygen atoms in total. The molecule has 0 spiro atoms. The fourth-order valence-electron chi connectivity index (χ4n) is 3.73. The highest BCUT2D eigenvalue weighted by molar-refractivity contribution is 5.96. The van der Waals surface area contributed by atoms with Crippen LogP contribution in [-0.2, 0) is 30.0 Å². The molecule has 0 N–H and O–H groups in total. The predicted molar refractivity (Wildman–Crippen MR) is 112 cm³/mol. The van der Waals surface area contributed by atoms with Crippen LogP contribution in [0.1, 0.15) is 50.2 Å². The van der Waals surface area contributed by atoms with E-state index in [9.17, 15) is 19.2 Å². The molecule has 0 radical (unpaired) electrons. The largest absolute Gasteiger partial charge is 0.426 e. The van der Waals surface area contributed by atoms with Crippen molar-refractivity contribution in [3.8, 4) is 11.5 Å². The molecule has 31 heavy (non-hydrogen) atoms. The zero-order chi connectivity index (χ0) is 22.1. The van der Waals surface area contributed by atoms with Crippen molar-refractivity contribution in [1.29, 1.82) is 0 Å². The Bertz CT molecular complexity index is 916. The van der Waals surface area contributed by atoms with E-state index in [4.69, 9.17) is 9.47 Å². The van der Waals surface area contributed by atoms with Crippen molar-refractivity contribution in [3.63, 3.8) is 0 Å². The molecule has 2 aromatic carbocycles. The summed E-state index contributed by atoms with van der Waals surface area (Å²) < 4.78 is 10.7. The van der Waals surface area contributed by atoms with E-state index < -0.39 is 28.7 Å². The summed E-state index contributed by atoms with van der Waals surface area (Å²) in [5, 5.41) is 0. The smallest absolute Gasteiger partial charge is 0.325 e. The second-order valence-electron chi connectivity index (χ2n) is 8.40. The number of carbonyl (C=O) groups is 4. The van der Waals surface area contributed by atoms with Gasteiger partial charge in [0.15, 0.2) is 5.92 Å². The van der Waals surface area contributed by atoms with Crippen molar-refractivity contribution in [2.45, 2.75) is 49.9 Å². The Labute approximate surface area is 180 Å². The molecule has 2 fully saturated rings. The zero-order valence-corrected chi connectivity index (χ0v) is 17.3. The Balaban J connectivity index is 1.37. The number of ether oxygens (including phenoxy) is 2. The fraction of sp³-hybridized carbons (Fsp3) is 0.360. The van der Waals surface area contributed by atoms with E-state index in [0.717, 1.165) is 49.4 Å². The summed E-state index contributed by atoms with van der Waals surface area (Å²) in [5.74, 6) is -1.81. The fourth-order valence-corrected chi connectivity index (χ4v) is 3.73. The summed E-state index contributed by atoms with van der Waals surface area (Å²) in [6, 6.07) is 13.6. The maximum Gasteiger partial charge on any atom is 0.325 e. The average Bonchev–Trinajstić information content (AvgIpc) is 3.70. The summed E-state index contributed by atoms with van der Waals surface area (Å²) in [4.78, 5) is 47.6. The molecule has 2 saturated carbocycles. The number of hydrogen-bond donors (Lipinski definition) is 0. The molecule has 2 aromatic rings. The minimum absolute atomic E-state index is 0.232. The van der Waals surface area contributed by atoms with E-state index in [1.54, 1.807) is 55.5 Å². The zero-order valence-electron chi connectivity index (χ0n) is 17.3. The normalized spacial score (nSPS) is 17.5. The third kappa shape index (κ3) is 4.15. The highest BCUT2D eigenvalue weighted by atomic mass is 16.6. The first-order valence-corrected chi connectivity index (χ1v) is 10.5. The van der Waals surface area contributed by atoms with Gasteiger partial charge in [-0.1, -0.05) is 31.2 Å². The topological polar surface area (TPSA) is 86.7 Å². The van der Waals surface area contributed by atoms with E-state index in [0.29, 0.717) is 11.5 Å². The molecule has 0 atom stereocenters. The standard InChI is InChI=1S/C25H24O6/c1-2-21(22(28)30-19-7-3-17(4-8-19)24(15-26)11-12-24)23(29)31-20-9-5-18(6-10-20)25(16-27)13-14-25/h3-10,15-16,21H,2,11-14H2,1H3. The van der Waals surface area contributed by atoms with Crippen LogP contribution >= 0.6 is 0 Å². The first-order valence-electron chi connectivity index (χ1n) is 10.5. The van der Waals surface area contributed by atoms with Gasteiger partial charge in [0.1, 0.15) is 24.1 Å². The molecular formula is C25H24O6. The molecule has 0 unspecified atom stereocenters. The molecule has 2 aliphatic rings. The molecule has 0 bridgehead atoms. The SMILES string of the molecule is CCC(C(=O)Oc1ccc(C2(C=O)CC2)cc1)C(=O)Oc1ccc(C2(C=O)CC2)cc1. The Morgan fingerprint density at radius 2 is 1.13 bits per heavy atom. The monoisotopic (exact) mass is 420 g/mol. The Kier molecular flexibility index (Phi) is 5.48. The second kappa shape index (κ2) is 8.10. The van der Waals surface area contributed by atoms with E-state index in [1.807, 2.05) is 0 Å². The summed E-state index contributed by atoms with van der Waals surface area (Å²) in [5.41, 5.74) is 1.02. The highest BCUT2D eigenvalue weighted by Crippen LogP contribution is 2.47. The van der Waals surface area contributed by atoms with Crippen LogP contribution in [0.3, 0.4) is 0 Å². The van der Waals surface area contributed by atoms with Gasteiger partial charge < -0.3 is 19.1 Å². The van der Waals surface area contributed by atoms with Crippen LogP contribution in [0.5, 0.6) is 11.5 Å². The van der Waals surface area contributed by atoms with Crippen molar-refractivity contribution >= 4 is 24.5 Å². The van der Waals surface area contributed by atoms with Gasteiger partial charge >= 0.3 is 11.9 Å². The lowest BCUT2D eigenvalue weighted by Crippen LogP contribution is -2.31. The van der Waals surface area contributed by atoms with Gasteiger partial charge in [0, 0.05) is 0 Å². The molecule has 0 amide bonds. The third-order valence-corrected chi connectivity index (χ3v) is 6.30. The summed E-state index contributed by atoms with van der Waals surface area (Å²) in [6.45, 7) is 1.71. The number of hydrogen-bond acceptors (Lipinski definition) is 6. The lowest BCUT2D eigenvalue weighted by Gasteiger charge is -2.15. The van der Waals surface area contributed by atoms with Crippen molar-refractivity contribution in [2.75, 3.05) is 0 Å². The third-order valence-electron chi connectivity index (χ3n) is 6.30. The number of carbonyl (C=O) groups excluding carboxylic acids is 4. The summed E-state index contributed by atoms with van der Waals surface area (Å²) >= 11 is 0. The average molecular weight is 420 g/mol. The first kappa shape index (κ1) is 21.0. The quantitative estimate of drug-likeness (QED) is 0.266. The molecule has 0 saturated heterocycles. The van der Waals surface area contributed by atoms with Crippen molar-refractivity contribution in [3.05, 3.63) is 59.7 Å². The molecule has 160 valence electrons. The van der Waals surface area contributed by atoms with Gasteiger partial charge in [-0.05, 0) is 67.5 Å². The van der Waals surface area contributed by atoms with Crippen molar-refractivity contribution < 1.29 is 28.7 Å². The number of rotatable bonds is 9. The van der Waals surface area contributed by atoms with Crippen LogP contribution in [0, 0.1) is 5.92 Å². The maximum absolute atomic E-state index is 12.5. The van der Waals surface area contributed by atoms with Gasteiger partial charge in [-0.3, -0.25) is 9.59 Å². The Morgan fingerprint density at radius 1 is 0.774 bits per heavy atom. The van der Waals surface area contributed by atoms with Gasteiger partial charge in [-0.2, -0.15) is 0 Å². The molecule has 6 heteroatoms. The van der Waals surface area contributed by atoms with Crippen LogP contribution in [-0.4, -0.2) is 24.5 Å². The van der Waals surface area contributed by atoms with Gasteiger partial charge in [-0.15, -0.1) is 0 Å². The van der Waals surface area contributed by atoms with Crippen LogP contribution in [0.25, 0.3) is 0 Å². The molecule has 0 aliphatic heterocycles. The number of esters is 2. The number of benzene rings is 2. The van der Waals surface area contributed by atoms with Gasteiger partial charge in [0.05, 0.1) is 10.8 Å². The Morgan fingerprint density at radius 3 is 1.39 bits per heavy atom. The second-order valence-corrected chi connectivity index (χ2v) is 8.40. The minimum atomic E-state index is -1.06. The molecule has 2 aliphatic carbocycles. The highest BCUT2D eigenvalue weighted by Gasteiger charge is 2.45.